The Balaban J connectivity index is -0.00000261. The van der Waals surface area contributed by atoms with Gasteiger partial charge in [0.25, 0.3) is 0 Å². The van der Waals surface area contributed by atoms with Gasteiger partial charge in [-0.2, -0.15) is 0 Å². The molecule has 0 unspecified atom stereocenters. The summed E-state index contributed by atoms with van der Waals surface area (Å²) < 4.78 is 109. The zero-order chi connectivity index (χ0) is 21.8. The molecule has 0 saturated carbocycles. The van der Waals surface area contributed by atoms with Gasteiger partial charge in [-0.05, 0) is 0 Å². The van der Waals surface area contributed by atoms with Crippen LogP contribution in [0, 0.1) is 5.41 Å². The van der Waals surface area contributed by atoms with Crippen molar-refractivity contribution in [3.8, 4) is 0 Å². The maximum atomic E-state index is 10.8. The average Bonchev–Trinajstić information content (AvgIpc) is 2.95. The van der Waals surface area contributed by atoms with E-state index in [0.717, 1.165) is 6.20 Å². The fourth-order valence-electron chi connectivity index (χ4n) is 1.67. The quantitative estimate of drug-likeness (QED) is 0.147. The molecule has 23 heteroatoms. The minimum absolute atomic E-state index is 0. The standard InChI is InChI=1S/C8H13N3O14S3.3Na/c12-7(13)6-1-11(10-9-6)2-8(3-23-26(14,15)16,4-24-27(17,18)19)5-25-28(20,21)22;;;/h1H,2-5H2,(H,12,13)(H,14,15,16)(H,17,18,19)(H,20,21,22);;;/q;3*+1/p-3. The van der Waals surface area contributed by atoms with Crippen LogP contribution in [0.25, 0.3) is 0 Å². The molecule has 31 heavy (non-hydrogen) atoms. The van der Waals surface area contributed by atoms with Crippen LogP contribution in [0.2, 0.25) is 0 Å². The van der Waals surface area contributed by atoms with E-state index in [2.05, 4.69) is 22.9 Å². The Hall–Kier alpha value is 1.22. The van der Waals surface area contributed by atoms with Crippen molar-refractivity contribution in [2.24, 2.45) is 5.41 Å². The van der Waals surface area contributed by atoms with Gasteiger partial charge < -0.3 is 18.8 Å². The van der Waals surface area contributed by atoms with Gasteiger partial charge in [-0.25, -0.2) is 30.0 Å². The topological polar surface area (TPSA) is 267 Å². The van der Waals surface area contributed by atoms with Crippen LogP contribution in [0.1, 0.15) is 10.5 Å². The number of aromatic nitrogens is 3. The van der Waals surface area contributed by atoms with Crippen LogP contribution in [-0.4, -0.2) is 84.8 Å². The summed E-state index contributed by atoms with van der Waals surface area (Å²) in [5.74, 6) is -1.55. The molecule has 1 rings (SSSR count). The maximum Gasteiger partial charge on any atom is 1.00 e. The molecule has 0 aliphatic rings. The predicted octanol–water partition coefficient (Wildman–Crippen LogP) is -12.6. The van der Waals surface area contributed by atoms with E-state index in [1.165, 1.54) is 0 Å². The molecule has 0 spiro atoms. The molecule has 1 aromatic rings. The summed E-state index contributed by atoms with van der Waals surface area (Å²) in [5.41, 5.74) is -2.95. The number of carboxylic acid groups (broad SMARTS) is 1. The number of aromatic carboxylic acids is 1. The summed E-state index contributed by atoms with van der Waals surface area (Å²) in [6, 6.07) is 0. The zero-order valence-electron chi connectivity index (χ0n) is 16.2. The van der Waals surface area contributed by atoms with Crippen LogP contribution in [0.3, 0.4) is 0 Å². The van der Waals surface area contributed by atoms with Gasteiger partial charge in [-0.3, -0.25) is 17.2 Å². The van der Waals surface area contributed by atoms with Crippen molar-refractivity contribution in [2.45, 2.75) is 6.54 Å². The summed E-state index contributed by atoms with van der Waals surface area (Å²) in [5, 5.41) is 15.2. The predicted molar refractivity (Wildman–Crippen MR) is 76.4 cm³/mol. The third kappa shape index (κ3) is 16.5. The van der Waals surface area contributed by atoms with E-state index in [1.54, 1.807) is 0 Å². The Bertz CT molecular complexity index is 936. The molecule has 0 aliphatic heterocycles. The van der Waals surface area contributed by atoms with E-state index >= 15 is 0 Å². The van der Waals surface area contributed by atoms with Gasteiger partial charge in [0.15, 0.2) is 5.69 Å². The van der Waals surface area contributed by atoms with Gasteiger partial charge >= 0.3 is 94.6 Å². The molecular weight excluding hydrogens is 527 g/mol. The number of carbonyl (C=O) groups is 1. The normalized spacial score (nSPS) is 12.2. The molecule has 0 atom stereocenters. The van der Waals surface area contributed by atoms with Crippen molar-refractivity contribution in [1.82, 2.24) is 15.0 Å². The first-order valence-corrected chi connectivity index (χ1v) is 10.4. The molecular formula is C8H10N3Na3O14S3. The molecule has 0 saturated heterocycles. The molecule has 162 valence electrons. The van der Waals surface area contributed by atoms with Crippen molar-refractivity contribution in [1.29, 1.82) is 0 Å². The number of carboxylic acids is 1. The van der Waals surface area contributed by atoms with Crippen molar-refractivity contribution < 1.29 is 150 Å². The van der Waals surface area contributed by atoms with Crippen LogP contribution >= 0.6 is 0 Å². The van der Waals surface area contributed by atoms with Gasteiger partial charge in [-0.15, -0.1) is 5.10 Å². The molecule has 0 amide bonds. The summed E-state index contributed by atoms with van der Waals surface area (Å²) >= 11 is 0. The molecule has 0 fully saturated rings. The van der Waals surface area contributed by atoms with E-state index in [9.17, 15) is 43.7 Å². The Morgan fingerprint density at radius 3 is 1.52 bits per heavy atom. The van der Waals surface area contributed by atoms with Crippen LogP contribution < -0.4 is 88.7 Å². The maximum absolute atomic E-state index is 10.8. The van der Waals surface area contributed by atoms with E-state index in [-0.39, 0.29) is 88.7 Å². The van der Waals surface area contributed by atoms with E-state index < -0.39 is 74.6 Å². The van der Waals surface area contributed by atoms with Gasteiger partial charge in [0.05, 0.1) is 38.0 Å². The fourth-order valence-corrected chi connectivity index (χ4v) is 2.85. The van der Waals surface area contributed by atoms with Gasteiger partial charge in [0.1, 0.15) is 0 Å². The Morgan fingerprint density at radius 1 is 0.903 bits per heavy atom. The van der Waals surface area contributed by atoms with Crippen LogP contribution in [-0.2, 0) is 50.3 Å². The summed E-state index contributed by atoms with van der Waals surface area (Å²) in [7, 11) is -16.3. The summed E-state index contributed by atoms with van der Waals surface area (Å²) in [6.45, 7) is -4.88. The SMILES string of the molecule is O=C(O)c1cn(CC(COS(=O)(=O)[O-])(COS(=O)(=O)[O-])COS(=O)(=O)[O-])nn1.[Na+].[Na+].[Na+]. The Morgan fingerprint density at radius 2 is 1.26 bits per heavy atom. The Kier molecular flexibility index (Phi) is 17.3. The van der Waals surface area contributed by atoms with E-state index in [1.807, 2.05) is 0 Å². The first-order valence-electron chi connectivity index (χ1n) is 6.44. The molecule has 0 radical (unpaired) electrons. The van der Waals surface area contributed by atoms with Gasteiger partial charge in [0.2, 0.25) is 31.2 Å². The van der Waals surface area contributed by atoms with Crippen molar-refractivity contribution in [3.63, 3.8) is 0 Å². The van der Waals surface area contributed by atoms with Crippen LogP contribution in [0.5, 0.6) is 0 Å². The van der Waals surface area contributed by atoms with Crippen molar-refractivity contribution in [2.75, 3.05) is 19.8 Å². The third-order valence-electron chi connectivity index (χ3n) is 2.78. The second kappa shape index (κ2) is 14.6. The second-order valence-corrected chi connectivity index (χ2v) is 8.27. The fraction of sp³-hybridized carbons (Fsp3) is 0.625. The van der Waals surface area contributed by atoms with Crippen molar-refractivity contribution >= 4 is 37.2 Å². The van der Waals surface area contributed by atoms with E-state index in [0.29, 0.717) is 4.68 Å². The smallest absolute Gasteiger partial charge is 0.726 e. The Labute approximate surface area is 242 Å². The number of hydrogen-bond donors (Lipinski definition) is 1. The van der Waals surface area contributed by atoms with E-state index in [4.69, 9.17) is 5.11 Å². The molecule has 1 N–H and O–H groups in total. The second-order valence-electron chi connectivity index (χ2n) is 5.12. The number of hydrogen-bond acceptors (Lipinski definition) is 15. The minimum Gasteiger partial charge on any atom is -0.726 e. The van der Waals surface area contributed by atoms with Gasteiger partial charge in [-0.1, -0.05) is 5.21 Å². The summed E-state index contributed by atoms with van der Waals surface area (Å²) in [4.78, 5) is 10.8. The first kappa shape index (κ1) is 36.8. The monoisotopic (exact) mass is 537 g/mol. The molecule has 17 nitrogen and oxygen atoms in total. The average molecular weight is 537 g/mol. The molecule has 0 bridgehead atoms. The van der Waals surface area contributed by atoms with Crippen LogP contribution in [0.15, 0.2) is 6.20 Å². The molecule has 1 heterocycles. The number of rotatable bonds is 12. The molecule has 1 aromatic heterocycles. The largest absolute Gasteiger partial charge is 1.00 e. The zero-order valence-corrected chi connectivity index (χ0v) is 24.7. The molecule has 0 aliphatic carbocycles. The molecule has 0 aromatic carbocycles. The number of nitrogens with zero attached hydrogens (tertiary/aromatic N) is 3. The minimum atomic E-state index is -5.42. The first-order chi connectivity index (χ1) is 12.5. The summed E-state index contributed by atoms with van der Waals surface area (Å²) in [6.07, 6.45) is 0.736. The van der Waals surface area contributed by atoms with Crippen LogP contribution in [0.4, 0.5) is 0 Å². The van der Waals surface area contributed by atoms with Crippen molar-refractivity contribution in [3.05, 3.63) is 11.9 Å². The third-order valence-corrected chi connectivity index (χ3v) is 4.00. The van der Waals surface area contributed by atoms with Gasteiger partial charge in [0, 0.05) is 0 Å².